The Bertz CT molecular complexity index is 644. The third kappa shape index (κ3) is 8.36. The first-order chi connectivity index (χ1) is 11.9. The van der Waals surface area contributed by atoms with Gasteiger partial charge in [-0.3, -0.25) is 4.79 Å². The molecule has 1 aromatic carbocycles. The standard InChI is InChI=1S/C18H20O7/c1-3-23-17(21)12-13(2)18(22)25-11-10-24-16(20)9-6-14-4-7-15(19)8-5-14/h4-9,19H,2-3,10-12H2,1H3. The molecule has 0 bridgehead atoms. The van der Waals surface area contributed by atoms with E-state index in [9.17, 15) is 14.4 Å². The molecule has 134 valence electrons. The van der Waals surface area contributed by atoms with E-state index in [4.69, 9.17) is 19.3 Å². The molecule has 7 heteroatoms. The van der Waals surface area contributed by atoms with Crippen LogP contribution in [0.25, 0.3) is 6.08 Å². The number of phenols is 1. The number of aromatic hydroxyl groups is 1. The molecule has 0 fully saturated rings. The summed E-state index contributed by atoms with van der Waals surface area (Å²) < 4.78 is 14.4. The number of hydrogen-bond donors (Lipinski definition) is 1. The van der Waals surface area contributed by atoms with Gasteiger partial charge in [0.05, 0.1) is 13.0 Å². The van der Waals surface area contributed by atoms with Crippen LogP contribution in [0, 0.1) is 0 Å². The van der Waals surface area contributed by atoms with Crippen molar-refractivity contribution in [1.82, 2.24) is 0 Å². The van der Waals surface area contributed by atoms with Crippen LogP contribution < -0.4 is 0 Å². The van der Waals surface area contributed by atoms with Crippen molar-refractivity contribution in [3.63, 3.8) is 0 Å². The Morgan fingerprint density at radius 2 is 1.72 bits per heavy atom. The highest BCUT2D eigenvalue weighted by molar-refractivity contribution is 5.93. The molecule has 0 amide bonds. The van der Waals surface area contributed by atoms with Gasteiger partial charge in [0.1, 0.15) is 19.0 Å². The number of benzene rings is 1. The Hall–Kier alpha value is -3.09. The summed E-state index contributed by atoms with van der Waals surface area (Å²) in [6.07, 6.45) is 2.49. The van der Waals surface area contributed by atoms with Crippen LogP contribution in [0.15, 0.2) is 42.5 Å². The lowest BCUT2D eigenvalue weighted by Gasteiger charge is -2.07. The number of carbonyl (C=O) groups excluding carboxylic acids is 3. The molecule has 0 aliphatic rings. The van der Waals surface area contributed by atoms with Crippen LogP contribution in [0.5, 0.6) is 5.75 Å². The molecule has 0 saturated carbocycles. The lowest BCUT2D eigenvalue weighted by molar-refractivity contribution is -0.148. The molecule has 1 N–H and O–H groups in total. The maximum Gasteiger partial charge on any atom is 0.334 e. The van der Waals surface area contributed by atoms with Gasteiger partial charge in [-0.15, -0.1) is 0 Å². The Labute approximate surface area is 145 Å². The lowest BCUT2D eigenvalue weighted by atomic mass is 10.2. The Kier molecular flexibility index (Phi) is 8.49. The molecular formula is C18H20O7. The summed E-state index contributed by atoms with van der Waals surface area (Å²) in [5.41, 5.74) is 0.688. The number of ether oxygens (including phenoxy) is 3. The second-order valence-corrected chi connectivity index (χ2v) is 4.81. The largest absolute Gasteiger partial charge is 0.508 e. The molecule has 25 heavy (non-hydrogen) atoms. The summed E-state index contributed by atoms with van der Waals surface area (Å²) in [6, 6.07) is 6.26. The van der Waals surface area contributed by atoms with Gasteiger partial charge >= 0.3 is 17.9 Å². The highest BCUT2D eigenvalue weighted by atomic mass is 16.6. The van der Waals surface area contributed by atoms with E-state index < -0.39 is 17.9 Å². The normalized spacial score (nSPS) is 10.3. The van der Waals surface area contributed by atoms with Crippen molar-refractivity contribution in [2.24, 2.45) is 0 Å². The van der Waals surface area contributed by atoms with Crippen LogP contribution in [-0.4, -0.2) is 42.8 Å². The maximum atomic E-state index is 11.6. The second kappa shape index (κ2) is 10.6. The molecule has 0 radical (unpaired) electrons. The van der Waals surface area contributed by atoms with Crippen LogP contribution in [0.4, 0.5) is 0 Å². The van der Waals surface area contributed by atoms with Gasteiger partial charge in [0.25, 0.3) is 0 Å². The average Bonchev–Trinajstić information content (AvgIpc) is 2.58. The average molecular weight is 348 g/mol. The molecule has 0 aliphatic carbocycles. The maximum absolute atomic E-state index is 11.6. The first-order valence-electron chi connectivity index (χ1n) is 7.56. The van der Waals surface area contributed by atoms with Crippen molar-refractivity contribution in [2.75, 3.05) is 19.8 Å². The lowest BCUT2D eigenvalue weighted by Crippen LogP contribution is -2.16. The molecule has 0 spiro atoms. The molecule has 0 heterocycles. The Balaban J connectivity index is 2.24. The third-order valence-electron chi connectivity index (χ3n) is 2.82. The quantitative estimate of drug-likeness (QED) is 0.315. The highest BCUT2D eigenvalue weighted by Gasteiger charge is 2.13. The van der Waals surface area contributed by atoms with E-state index in [0.717, 1.165) is 5.56 Å². The van der Waals surface area contributed by atoms with Crippen LogP contribution in [-0.2, 0) is 28.6 Å². The van der Waals surface area contributed by atoms with Gasteiger partial charge in [-0.2, -0.15) is 0 Å². The van der Waals surface area contributed by atoms with E-state index in [2.05, 4.69) is 6.58 Å². The van der Waals surface area contributed by atoms with Crippen LogP contribution in [0.1, 0.15) is 18.9 Å². The number of esters is 3. The molecule has 1 rings (SSSR count). The third-order valence-corrected chi connectivity index (χ3v) is 2.82. The van der Waals surface area contributed by atoms with Gasteiger partial charge in [-0.05, 0) is 30.7 Å². The van der Waals surface area contributed by atoms with Gasteiger partial charge in [-0.1, -0.05) is 18.7 Å². The molecular weight excluding hydrogens is 328 g/mol. The summed E-state index contributed by atoms with van der Waals surface area (Å²) in [5, 5.41) is 9.15. The van der Waals surface area contributed by atoms with E-state index >= 15 is 0 Å². The van der Waals surface area contributed by atoms with Crippen LogP contribution >= 0.6 is 0 Å². The zero-order chi connectivity index (χ0) is 18.7. The zero-order valence-electron chi connectivity index (χ0n) is 13.9. The molecule has 7 nitrogen and oxygen atoms in total. The van der Waals surface area contributed by atoms with Crippen molar-refractivity contribution in [2.45, 2.75) is 13.3 Å². The minimum atomic E-state index is -0.747. The van der Waals surface area contributed by atoms with Crippen molar-refractivity contribution < 1.29 is 33.7 Å². The monoisotopic (exact) mass is 348 g/mol. The summed E-state index contributed by atoms with van der Waals surface area (Å²) in [5.74, 6) is -1.78. The second-order valence-electron chi connectivity index (χ2n) is 4.81. The summed E-state index contributed by atoms with van der Waals surface area (Å²) in [6.45, 7) is 5.04. The predicted octanol–water partition coefficient (Wildman–Crippen LogP) is 2.00. The Morgan fingerprint density at radius 1 is 1.08 bits per heavy atom. The number of carbonyl (C=O) groups is 3. The first kappa shape index (κ1) is 20.0. The topological polar surface area (TPSA) is 99.1 Å². The minimum Gasteiger partial charge on any atom is -0.508 e. The smallest absolute Gasteiger partial charge is 0.334 e. The van der Waals surface area contributed by atoms with Gasteiger partial charge in [0, 0.05) is 11.6 Å². The molecule has 0 aliphatic heterocycles. The number of phenolic OH excluding ortho intramolecular Hbond substituents is 1. The van der Waals surface area contributed by atoms with E-state index in [0.29, 0.717) is 0 Å². The van der Waals surface area contributed by atoms with E-state index in [1.54, 1.807) is 19.1 Å². The van der Waals surface area contributed by atoms with Crippen LogP contribution in [0.2, 0.25) is 0 Å². The number of hydrogen-bond acceptors (Lipinski definition) is 7. The molecule has 0 atom stereocenters. The Morgan fingerprint density at radius 3 is 2.36 bits per heavy atom. The van der Waals surface area contributed by atoms with E-state index in [1.807, 2.05) is 0 Å². The predicted molar refractivity (Wildman–Crippen MR) is 89.4 cm³/mol. The number of rotatable bonds is 9. The summed E-state index contributed by atoms with van der Waals surface area (Å²) >= 11 is 0. The minimum absolute atomic E-state index is 0.0306. The van der Waals surface area contributed by atoms with Crippen molar-refractivity contribution in [1.29, 1.82) is 0 Å². The molecule has 0 saturated heterocycles. The summed E-state index contributed by atoms with van der Waals surface area (Å²) in [4.78, 5) is 34.3. The van der Waals surface area contributed by atoms with Gasteiger partial charge < -0.3 is 19.3 Å². The van der Waals surface area contributed by atoms with E-state index in [-0.39, 0.29) is 37.6 Å². The van der Waals surface area contributed by atoms with E-state index in [1.165, 1.54) is 24.3 Å². The SMILES string of the molecule is C=C(CC(=O)OCC)C(=O)OCCOC(=O)C=Cc1ccc(O)cc1. The fraction of sp³-hybridized carbons (Fsp3) is 0.278. The first-order valence-corrected chi connectivity index (χ1v) is 7.56. The van der Waals surface area contributed by atoms with Gasteiger partial charge in [0.2, 0.25) is 0 Å². The summed E-state index contributed by atoms with van der Waals surface area (Å²) in [7, 11) is 0. The van der Waals surface area contributed by atoms with Gasteiger partial charge in [0.15, 0.2) is 0 Å². The molecule has 0 aromatic heterocycles. The van der Waals surface area contributed by atoms with Crippen molar-refractivity contribution >= 4 is 24.0 Å². The molecule has 1 aromatic rings. The van der Waals surface area contributed by atoms with Gasteiger partial charge in [-0.25, -0.2) is 9.59 Å². The zero-order valence-corrected chi connectivity index (χ0v) is 13.9. The highest BCUT2D eigenvalue weighted by Crippen LogP contribution is 2.10. The van der Waals surface area contributed by atoms with Crippen molar-refractivity contribution in [3.05, 3.63) is 48.1 Å². The fourth-order valence-electron chi connectivity index (χ4n) is 1.63. The fourth-order valence-corrected chi connectivity index (χ4v) is 1.63. The van der Waals surface area contributed by atoms with Crippen molar-refractivity contribution in [3.8, 4) is 5.75 Å². The van der Waals surface area contributed by atoms with Crippen LogP contribution in [0.3, 0.4) is 0 Å². The molecule has 0 unspecified atom stereocenters.